The van der Waals surface area contributed by atoms with Crippen molar-refractivity contribution in [3.05, 3.63) is 0 Å². The lowest BCUT2D eigenvalue weighted by atomic mass is 9.90. The van der Waals surface area contributed by atoms with Crippen LogP contribution in [-0.4, -0.2) is 43.8 Å². The van der Waals surface area contributed by atoms with Crippen LogP contribution >= 0.6 is 0 Å². The molecule has 15 heavy (non-hydrogen) atoms. The van der Waals surface area contributed by atoms with Gasteiger partial charge in [-0.2, -0.15) is 0 Å². The predicted octanol–water partition coefficient (Wildman–Crippen LogP) is 1.47. The smallest absolute Gasteiger partial charge is 0.0469 e. The van der Waals surface area contributed by atoms with Gasteiger partial charge < -0.3 is 10.5 Å². The van der Waals surface area contributed by atoms with Gasteiger partial charge in [0.25, 0.3) is 0 Å². The van der Waals surface area contributed by atoms with Crippen LogP contribution in [0.4, 0.5) is 0 Å². The highest BCUT2D eigenvalue weighted by atomic mass is 16.5. The molecule has 1 rings (SSSR count). The molecule has 0 bridgehead atoms. The molecule has 0 saturated carbocycles. The first-order chi connectivity index (χ1) is 7.20. The molecule has 2 unspecified atom stereocenters. The molecule has 2 N–H and O–H groups in total. The molecule has 0 aromatic rings. The average Bonchev–Trinajstić information content (AvgIpc) is 2.30. The Hall–Kier alpha value is -0.120. The summed E-state index contributed by atoms with van der Waals surface area (Å²) in [4.78, 5) is 2.45. The van der Waals surface area contributed by atoms with Crippen molar-refractivity contribution in [2.75, 3.05) is 26.8 Å². The van der Waals surface area contributed by atoms with Gasteiger partial charge in [0.2, 0.25) is 0 Å². The van der Waals surface area contributed by atoms with Gasteiger partial charge in [-0.05, 0) is 39.2 Å². The van der Waals surface area contributed by atoms with Crippen LogP contribution in [0, 0.1) is 5.92 Å². The first kappa shape index (κ1) is 12.9. The number of likely N-dealkylation sites (N-methyl/N-ethyl adjacent to an activating group) is 1. The number of nitrogens with two attached hydrogens (primary N) is 1. The minimum absolute atomic E-state index is 0.531. The topological polar surface area (TPSA) is 38.5 Å². The standard InChI is InChI=1S/C12H26N2O/c1-4-10(2)14(3)12(9-13)11-5-7-15-8-6-11/h10-12H,4-9,13H2,1-3H3. The minimum atomic E-state index is 0.531. The Morgan fingerprint density at radius 1 is 1.40 bits per heavy atom. The number of rotatable bonds is 5. The van der Waals surface area contributed by atoms with Crippen molar-refractivity contribution in [3.63, 3.8) is 0 Å². The van der Waals surface area contributed by atoms with E-state index in [9.17, 15) is 0 Å². The first-order valence-corrected chi connectivity index (χ1v) is 6.20. The summed E-state index contributed by atoms with van der Waals surface area (Å²) in [6.07, 6.45) is 3.53. The summed E-state index contributed by atoms with van der Waals surface area (Å²) in [6, 6.07) is 1.16. The number of hydrogen-bond acceptors (Lipinski definition) is 3. The van der Waals surface area contributed by atoms with Gasteiger partial charge in [0.05, 0.1) is 0 Å². The fourth-order valence-electron chi connectivity index (χ4n) is 2.41. The van der Waals surface area contributed by atoms with Crippen molar-refractivity contribution in [2.24, 2.45) is 11.7 Å². The fourth-order valence-corrected chi connectivity index (χ4v) is 2.41. The highest BCUT2D eigenvalue weighted by Gasteiger charge is 2.27. The number of ether oxygens (including phenoxy) is 1. The summed E-state index contributed by atoms with van der Waals surface area (Å²) in [5.41, 5.74) is 5.91. The van der Waals surface area contributed by atoms with Gasteiger partial charge in [-0.15, -0.1) is 0 Å². The van der Waals surface area contributed by atoms with Crippen molar-refractivity contribution < 1.29 is 4.74 Å². The molecule has 1 aliphatic rings. The van der Waals surface area contributed by atoms with E-state index in [2.05, 4.69) is 25.8 Å². The van der Waals surface area contributed by atoms with Crippen LogP contribution in [0.25, 0.3) is 0 Å². The molecule has 0 aromatic heterocycles. The van der Waals surface area contributed by atoms with Gasteiger partial charge in [0.15, 0.2) is 0 Å². The van der Waals surface area contributed by atoms with Crippen molar-refractivity contribution in [1.82, 2.24) is 4.90 Å². The van der Waals surface area contributed by atoms with Crippen molar-refractivity contribution in [2.45, 2.75) is 45.2 Å². The van der Waals surface area contributed by atoms with Gasteiger partial charge in [-0.25, -0.2) is 0 Å². The maximum absolute atomic E-state index is 5.91. The SMILES string of the molecule is CCC(C)N(C)C(CN)C1CCOCC1. The number of hydrogen-bond donors (Lipinski definition) is 1. The molecule has 0 aliphatic carbocycles. The Kier molecular flexibility index (Phi) is 5.58. The van der Waals surface area contributed by atoms with Crippen LogP contribution in [-0.2, 0) is 4.74 Å². The normalized spacial score (nSPS) is 23.0. The molecule has 2 atom stereocenters. The molecule has 0 spiro atoms. The third kappa shape index (κ3) is 3.44. The lowest BCUT2D eigenvalue weighted by Gasteiger charge is -2.38. The molecular weight excluding hydrogens is 188 g/mol. The van der Waals surface area contributed by atoms with E-state index in [4.69, 9.17) is 10.5 Å². The molecule has 3 nitrogen and oxygen atoms in total. The van der Waals surface area contributed by atoms with Crippen LogP contribution in [0.3, 0.4) is 0 Å². The van der Waals surface area contributed by atoms with Gasteiger partial charge in [-0.1, -0.05) is 6.92 Å². The lowest BCUT2D eigenvalue weighted by Crippen LogP contribution is -2.48. The quantitative estimate of drug-likeness (QED) is 0.753. The average molecular weight is 214 g/mol. The Morgan fingerprint density at radius 3 is 2.47 bits per heavy atom. The third-order valence-corrected chi connectivity index (χ3v) is 3.86. The van der Waals surface area contributed by atoms with E-state index >= 15 is 0 Å². The highest BCUT2D eigenvalue weighted by Crippen LogP contribution is 2.23. The molecule has 1 fully saturated rings. The monoisotopic (exact) mass is 214 g/mol. The number of nitrogens with zero attached hydrogens (tertiary/aromatic N) is 1. The van der Waals surface area contributed by atoms with E-state index in [0.29, 0.717) is 12.1 Å². The molecule has 90 valence electrons. The minimum Gasteiger partial charge on any atom is -0.381 e. The van der Waals surface area contributed by atoms with E-state index < -0.39 is 0 Å². The largest absolute Gasteiger partial charge is 0.381 e. The Balaban J connectivity index is 2.52. The predicted molar refractivity (Wildman–Crippen MR) is 63.9 cm³/mol. The second-order valence-corrected chi connectivity index (χ2v) is 4.68. The van der Waals surface area contributed by atoms with Crippen LogP contribution in [0.5, 0.6) is 0 Å². The summed E-state index contributed by atoms with van der Waals surface area (Å²) < 4.78 is 5.40. The maximum atomic E-state index is 5.91. The third-order valence-electron chi connectivity index (χ3n) is 3.86. The molecule has 0 radical (unpaired) electrons. The summed E-state index contributed by atoms with van der Waals surface area (Å²) in [5.74, 6) is 0.725. The summed E-state index contributed by atoms with van der Waals surface area (Å²) in [5, 5.41) is 0. The highest BCUT2D eigenvalue weighted by molar-refractivity contribution is 4.82. The van der Waals surface area contributed by atoms with Gasteiger partial charge in [-0.3, -0.25) is 4.90 Å². The van der Waals surface area contributed by atoms with Crippen LogP contribution in [0.2, 0.25) is 0 Å². The van der Waals surface area contributed by atoms with Crippen LogP contribution in [0.15, 0.2) is 0 Å². The van der Waals surface area contributed by atoms with Crippen LogP contribution < -0.4 is 5.73 Å². The Bertz CT molecular complexity index is 167. The van der Waals surface area contributed by atoms with Gasteiger partial charge in [0.1, 0.15) is 0 Å². The molecule has 0 amide bonds. The summed E-state index contributed by atoms with van der Waals surface area (Å²) in [7, 11) is 2.21. The van der Waals surface area contributed by atoms with Crippen LogP contribution in [0.1, 0.15) is 33.1 Å². The fraction of sp³-hybridized carbons (Fsp3) is 1.00. The molecule has 1 saturated heterocycles. The van der Waals surface area contributed by atoms with Gasteiger partial charge in [0, 0.05) is 31.8 Å². The molecule has 0 aromatic carbocycles. The zero-order valence-electron chi connectivity index (χ0n) is 10.4. The van der Waals surface area contributed by atoms with Gasteiger partial charge >= 0.3 is 0 Å². The Morgan fingerprint density at radius 2 is 2.00 bits per heavy atom. The molecule has 3 heteroatoms. The van der Waals surface area contributed by atoms with Crippen molar-refractivity contribution in [1.29, 1.82) is 0 Å². The first-order valence-electron chi connectivity index (χ1n) is 6.20. The van der Waals surface area contributed by atoms with Crippen molar-refractivity contribution in [3.8, 4) is 0 Å². The van der Waals surface area contributed by atoms with E-state index in [1.165, 1.54) is 19.3 Å². The van der Waals surface area contributed by atoms with Crippen molar-refractivity contribution >= 4 is 0 Å². The molecular formula is C12H26N2O. The summed E-state index contributed by atoms with van der Waals surface area (Å²) in [6.45, 7) is 7.11. The summed E-state index contributed by atoms with van der Waals surface area (Å²) >= 11 is 0. The van der Waals surface area contributed by atoms with E-state index in [1.54, 1.807) is 0 Å². The van der Waals surface area contributed by atoms with E-state index in [1.807, 2.05) is 0 Å². The molecule has 1 heterocycles. The Labute approximate surface area is 94.0 Å². The lowest BCUT2D eigenvalue weighted by molar-refractivity contribution is 0.0250. The second kappa shape index (κ2) is 6.46. The maximum Gasteiger partial charge on any atom is 0.0469 e. The van der Waals surface area contributed by atoms with E-state index in [0.717, 1.165) is 25.7 Å². The zero-order valence-corrected chi connectivity index (χ0v) is 10.4. The molecule has 1 aliphatic heterocycles. The second-order valence-electron chi connectivity index (χ2n) is 4.68. The van der Waals surface area contributed by atoms with E-state index in [-0.39, 0.29) is 0 Å². The zero-order chi connectivity index (χ0) is 11.3.